The molecule has 0 spiro atoms. The Hall–Kier alpha value is -1.60. The van der Waals surface area contributed by atoms with E-state index in [2.05, 4.69) is 10.3 Å². The topological polar surface area (TPSA) is 111 Å². The van der Waals surface area contributed by atoms with Crippen molar-refractivity contribution in [2.45, 2.75) is 37.6 Å². The molecule has 7 heteroatoms. The van der Waals surface area contributed by atoms with Crippen LogP contribution in [0.1, 0.15) is 26.3 Å². The largest absolute Gasteiger partial charge is 0.370 e. The third-order valence-corrected chi connectivity index (χ3v) is 3.37. The molecule has 0 amide bonds. The average molecular weight is 298 g/mol. The fourth-order valence-electron chi connectivity index (χ4n) is 1.57. The molecule has 0 aliphatic carbocycles. The van der Waals surface area contributed by atoms with Gasteiger partial charge in [-0.05, 0) is 44.9 Å². The molecular formula is C13H22N4O2S. The van der Waals surface area contributed by atoms with Crippen molar-refractivity contribution in [3.05, 3.63) is 29.8 Å². The van der Waals surface area contributed by atoms with Crippen LogP contribution in [0.2, 0.25) is 0 Å². The number of guanidine groups is 1. The maximum atomic E-state index is 11.1. The Morgan fingerprint density at radius 1 is 1.25 bits per heavy atom. The predicted molar refractivity (Wildman–Crippen MR) is 80.9 cm³/mol. The molecule has 0 saturated heterocycles. The predicted octanol–water partition coefficient (Wildman–Crippen LogP) is 0.579. The number of hydrogen-bond donors (Lipinski definition) is 3. The van der Waals surface area contributed by atoms with Crippen molar-refractivity contribution in [3.8, 4) is 0 Å². The number of benzene rings is 1. The molecule has 0 aromatic heterocycles. The third kappa shape index (κ3) is 6.03. The molecule has 5 N–H and O–H groups in total. The molecule has 0 heterocycles. The number of nitrogens with one attached hydrogen (secondary N) is 1. The van der Waals surface area contributed by atoms with Crippen LogP contribution in [-0.4, -0.2) is 26.5 Å². The third-order valence-electron chi connectivity index (χ3n) is 2.44. The molecule has 0 saturated carbocycles. The molecular weight excluding hydrogens is 276 g/mol. The van der Waals surface area contributed by atoms with E-state index in [1.807, 2.05) is 20.8 Å². The Morgan fingerprint density at radius 2 is 1.80 bits per heavy atom. The van der Waals surface area contributed by atoms with Gasteiger partial charge in [-0.2, -0.15) is 0 Å². The lowest BCUT2D eigenvalue weighted by atomic mass is 10.1. The van der Waals surface area contributed by atoms with Gasteiger partial charge in [0.1, 0.15) is 0 Å². The Kier molecular flexibility index (Phi) is 5.13. The smallest absolute Gasteiger partial charge is 0.238 e. The quantitative estimate of drug-likeness (QED) is 0.557. The van der Waals surface area contributed by atoms with Gasteiger partial charge in [-0.1, -0.05) is 12.1 Å². The molecule has 1 aromatic rings. The van der Waals surface area contributed by atoms with Gasteiger partial charge in [0.05, 0.1) is 4.90 Å². The summed E-state index contributed by atoms with van der Waals surface area (Å²) < 4.78 is 22.2. The number of primary sulfonamides is 1. The van der Waals surface area contributed by atoms with E-state index < -0.39 is 10.0 Å². The molecule has 0 bridgehead atoms. The lowest BCUT2D eigenvalue weighted by Crippen LogP contribution is -2.45. The lowest BCUT2D eigenvalue weighted by Gasteiger charge is -2.20. The van der Waals surface area contributed by atoms with Gasteiger partial charge in [-0.25, -0.2) is 13.6 Å². The van der Waals surface area contributed by atoms with E-state index in [0.29, 0.717) is 18.9 Å². The van der Waals surface area contributed by atoms with Crippen LogP contribution in [0, 0.1) is 0 Å². The molecule has 0 atom stereocenters. The number of rotatable bonds is 4. The highest BCUT2D eigenvalue weighted by atomic mass is 32.2. The van der Waals surface area contributed by atoms with E-state index >= 15 is 0 Å². The van der Waals surface area contributed by atoms with Crippen molar-refractivity contribution in [1.82, 2.24) is 5.32 Å². The number of nitrogens with two attached hydrogens (primary N) is 2. The molecule has 0 radical (unpaired) electrons. The second-order valence-corrected chi connectivity index (χ2v) is 7.14. The summed E-state index contributed by atoms with van der Waals surface area (Å²) in [6, 6.07) is 6.43. The summed E-state index contributed by atoms with van der Waals surface area (Å²) in [6.07, 6.45) is 0.678. The van der Waals surface area contributed by atoms with Gasteiger partial charge in [0, 0.05) is 12.1 Å². The summed E-state index contributed by atoms with van der Waals surface area (Å²) in [7, 11) is -3.63. The van der Waals surface area contributed by atoms with Crippen LogP contribution >= 0.6 is 0 Å². The van der Waals surface area contributed by atoms with Gasteiger partial charge in [0.2, 0.25) is 10.0 Å². The summed E-state index contributed by atoms with van der Waals surface area (Å²) >= 11 is 0. The first-order valence-electron chi connectivity index (χ1n) is 6.28. The second-order valence-electron chi connectivity index (χ2n) is 5.58. The summed E-state index contributed by atoms with van der Waals surface area (Å²) in [6.45, 7) is 6.54. The maximum Gasteiger partial charge on any atom is 0.238 e. The first kappa shape index (κ1) is 16.5. The summed E-state index contributed by atoms with van der Waals surface area (Å²) in [5, 5.41) is 8.10. The Bertz CT molecular complexity index is 571. The maximum absolute atomic E-state index is 11.1. The molecule has 0 unspecified atom stereocenters. The van der Waals surface area contributed by atoms with E-state index in [9.17, 15) is 8.42 Å². The zero-order valence-corrected chi connectivity index (χ0v) is 12.9. The average Bonchev–Trinajstić information content (AvgIpc) is 2.26. The van der Waals surface area contributed by atoms with Gasteiger partial charge in [0.25, 0.3) is 0 Å². The van der Waals surface area contributed by atoms with Crippen LogP contribution in [0.4, 0.5) is 0 Å². The van der Waals surface area contributed by atoms with Gasteiger partial charge in [0.15, 0.2) is 5.96 Å². The Morgan fingerprint density at radius 3 is 2.25 bits per heavy atom. The van der Waals surface area contributed by atoms with Crippen LogP contribution in [0.25, 0.3) is 0 Å². The van der Waals surface area contributed by atoms with E-state index in [1.54, 1.807) is 12.1 Å². The summed E-state index contributed by atoms with van der Waals surface area (Å²) in [5.74, 6) is 0.402. The highest BCUT2D eigenvalue weighted by Crippen LogP contribution is 2.09. The van der Waals surface area contributed by atoms with Gasteiger partial charge in [-0.15, -0.1) is 0 Å². The SMILES string of the molecule is CC(C)(C)NC(N)=NCCc1ccc(S(N)(=O)=O)cc1. The van der Waals surface area contributed by atoms with Gasteiger partial charge < -0.3 is 11.1 Å². The fraction of sp³-hybridized carbons (Fsp3) is 0.462. The van der Waals surface area contributed by atoms with Crippen molar-refractivity contribution >= 4 is 16.0 Å². The van der Waals surface area contributed by atoms with Crippen LogP contribution in [0.3, 0.4) is 0 Å². The minimum Gasteiger partial charge on any atom is -0.370 e. The Labute approximate surface area is 120 Å². The number of aliphatic imine (C=N–C) groups is 1. The van der Waals surface area contributed by atoms with E-state index in [0.717, 1.165) is 5.56 Å². The number of hydrogen-bond acceptors (Lipinski definition) is 3. The van der Waals surface area contributed by atoms with Gasteiger partial charge >= 0.3 is 0 Å². The standard InChI is InChI=1S/C13H22N4O2S/c1-13(2,3)17-12(14)16-9-8-10-4-6-11(7-5-10)20(15,18)19/h4-7H,8-9H2,1-3H3,(H3,14,16,17)(H2,15,18,19). The lowest BCUT2D eigenvalue weighted by molar-refractivity contribution is 0.508. The molecule has 20 heavy (non-hydrogen) atoms. The highest BCUT2D eigenvalue weighted by Gasteiger charge is 2.09. The highest BCUT2D eigenvalue weighted by molar-refractivity contribution is 7.89. The molecule has 0 fully saturated rings. The van der Waals surface area contributed by atoms with E-state index in [4.69, 9.17) is 10.9 Å². The van der Waals surface area contributed by atoms with Crippen LogP contribution in [0.5, 0.6) is 0 Å². The number of nitrogens with zero attached hydrogens (tertiary/aromatic N) is 1. The first-order chi connectivity index (χ1) is 9.08. The fourth-order valence-corrected chi connectivity index (χ4v) is 2.09. The summed E-state index contributed by atoms with van der Waals surface area (Å²) in [4.78, 5) is 4.33. The zero-order valence-electron chi connectivity index (χ0n) is 12.1. The zero-order chi connectivity index (χ0) is 15.4. The number of sulfonamides is 1. The van der Waals surface area contributed by atoms with Gasteiger partial charge in [-0.3, -0.25) is 4.99 Å². The minimum absolute atomic E-state index is 0.110. The molecule has 0 aliphatic rings. The summed E-state index contributed by atoms with van der Waals surface area (Å²) in [5.41, 5.74) is 6.60. The first-order valence-corrected chi connectivity index (χ1v) is 7.82. The van der Waals surface area contributed by atoms with Crippen molar-refractivity contribution in [3.63, 3.8) is 0 Å². The second kappa shape index (κ2) is 6.23. The molecule has 1 rings (SSSR count). The van der Waals surface area contributed by atoms with E-state index in [-0.39, 0.29) is 10.4 Å². The molecule has 0 aliphatic heterocycles. The Balaban J connectivity index is 2.57. The molecule has 1 aromatic carbocycles. The van der Waals surface area contributed by atoms with E-state index in [1.165, 1.54) is 12.1 Å². The van der Waals surface area contributed by atoms with Crippen molar-refractivity contribution in [2.24, 2.45) is 15.9 Å². The minimum atomic E-state index is -3.63. The van der Waals surface area contributed by atoms with Crippen molar-refractivity contribution in [1.29, 1.82) is 0 Å². The normalized spacial score (nSPS) is 13.3. The monoisotopic (exact) mass is 298 g/mol. The van der Waals surface area contributed by atoms with Crippen LogP contribution < -0.4 is 16.2 Å². The van der Waals surface area contributed by atoms with Crippen LogP contribution in [0.15, 0.2) is 34.2 Å². The van der Waals surface area contributed by atoms with Crippen molar-refractivity contribution in [2.75, 3.05) is 6.54 Å². The molecule has 6 nitrogen and oxygen atoms in total. The van der Waals surface area contributed by atoms with Crippen LogP contribution in [-0.2, 0) is 16.4 Å². The van der Waals surface area contributed by atoms with Crippen molar-refractivity contribution < 1.29 is 8.42 Å². The molecule has 112 valence electrons.